The van der Waals surface area contributed by atoms with Gasteiger partial charge in [-0.25, -0.2) is 0 Å². The van der Waals surface area contributed by atoms with E-state index in [1.54, 1.807) is 12.1 Å². The van der Waals surface area contributed by atoms with Gasteiger partial charge in [-0.05, 0) is 25.8 Å². The van der Waals surface area contributed by atoms with Crippen molar-refractivity contribution >= 4 is 5.91 Å². The molecule has 1 amide bonds. The van der Waals surface area contributed by atoms with Gasteiger partial charge in [-0.15, -0.1) is 0 Å². The number of carbonyl (C=O) groups is 1. The van der Waals surface area contributed by atoms with Crippen molar-refractivity contribution in [1.29, 1.82) is 0 Å². The highest BCUT2D eigenvalue weighted by Crippen LogP contribution is 2.32. The molecule has 1 aliphatic carbocycles. The topological polar surface area (TPSA) is 64.3 Å². The van der Waals surface area contributed by atoms with E-state index < -0.39 is 12.2 Å². The first-order chi connectivity index (χ1) is 8.90. The molecule has 0 aliphatic heterocycles. The molecule has 0 unspecified atom stereocenters. The number of carbonyl (C=O) groups excluding carboxylic acids is 1. The predicted molar refractivity (Wildman–Crippen MR) is 65.8 cm³/mol. The second kappa shape index (κ2) is 5.13. The van der Waals surface area contributed by atoms with Gasteiger partial charge in [0.25, 0.3) is 0 Å². The van der Waals surface area contributed by atoms with Gasteiger partial charge in [-0.1, -0.05) is 17.7 Å². The van der Waals surface area contributed by atoms with Crippen molar-refractivity contribution in [3.63, 3.8) is 0 Å². The molecule has 0 aromatic heterocycles. The fourth-order valence-electron chi connectivity index (χ4n) is 1.77. The highest BCUT2D eigenvalue weighted by molar-refractivity contribution is 5.88. The summed E-state index contributed by atoms with van der Waals surface area (Å²) in [6, 6.07) is 4.85. The van der Waals surface area contributed by atoms with Gasteiger partial charge >= 0.3 is 6.61 Å². The average Bonchev–Trinajstić information content (AvgIpc) is 3.08. The predicted octanol–water partition coefficient (Wildman–Crippen LogP) is 1.70. The second-order valence-corrected chi connectivity index (χ2v) is 4.83. The van der Waals surface area contributed by atoms with Gasteiger partial charge in [-0.2, -0.15) is 8.78 Å². The third kappa shape index (κ3) is 3.41. The molecular weight excluding hydrogens is 254 g/mol. The molecule has 6 heteroatoms. The first-order valence-corrected chi connectivity index (χ1v) is 6.02. The van der Waals surface area contributed by atoms with Crippen LogP contribution in [0.4, 0.5) is 8.78 Å². The first-order valence-electron chi connectivity index (χ1n) is 6.02. The van der Waals surface area contributed by atoms with Crippen LogP contribution in [0.15, 0.2) is 18.2 Å². The molecule has 0 radical (unpaired) electrons. The number of nitrogens with one attached hydrogen (secondary N) is 1. The van der Waals surface area contributed by atoms with Crippen LogP contribution in [-0.4, -0.2) is 18.1 Å². The quantitative estimate of drug-likeness (QED) is 0.856. The van der Waals surface area contributed by atoms with E-state index >= 15 is 0 Å². The van der Waals surface area contributed by atoms with E-state index in [9.17, 15) is 13.6 Å². The Morgan fingerprint density at radius 3 is 2.79 bits per heavy atom. The van der Waals surface area contributed by atoms with Gasteiger partial charge in [0.15, 0.2) is 0 Å². The number of ether oxygens (including phenoxy) is 1. The number of rotatable bonds is 5. The number of amides is 1. The highest BCUT2D eigenvalue weighted by atomic mass is 19.3. The Kier molecular flexibility index (Phi) is 3.71. The summed E-state index contributed by atoms with van der Waals surface area (Å²) in [6.07, 6.45) is 1.32. The zero-order valence-electron chi connectivity index (χ0n) is 10.6. The Bertz CT molecular complexity index is 488. The van der Waals surface area contributed by atoms with Crippen LogP contribution < -0.4 is 15.8 Å². The minimum Gasteiger partial charge on any atom is -0.434 e. The Morgan fingerprint density at radius 1 is 1.53 bits per heavy atom. The van der Waals surface area contributed by atoms with Crippen LogP contribution in [0, 0.1) is 6.92 Å². The molecule has 19 heavy (non-hydrogen) atoms. The molecule has 1 aromatic rings. The second-order valence-electron chi connectivity index (χ2n) is 4.83. The van der Waals surface area contributed by atoms with E-state index in [-0.39, 0.29) is 18.2 Å². The minimum absolute atomic E-state index is 0.0720. The maximum absolute atomic E-state index is 12.3. The zero-order chi connectivity index (χ0) is 14.0. The maximum atomic E-state index is 12.3. The van der Waals surface area contributed by atoms with Crippen LogP contribution >= 0.6 is 0 Å². The van der Waals surface area contributed by atoms with E-state index in [0.717, 1.165) is 5.56 Å². The molecule has 0 heterocycles. The van der Waals surface area contributed by atoms with E-state index in [1.165, 1.54) is 6.07 Å². The molecule has 4 nitrogen and oxygen atoms in total. The lowest BCUT2D eigenvalue weighted by molar-refractivity contribution is -0.123. The van der Waals surface area contributed by atoms with Crippen LogP contribution in [-0.2, 0) is 11.3 Å². The number of nitrogens with two attached hydrogens (primary N) is 1. The van der Waals surface area contributed by atoms with Crippen LogP contribution in [0.2, 0.25) is 0 Å². The molecule has 104 valence electrons. The van der Waals surface area contributed by atoms with Gasteiger partial charge < -0.3 is 15.8 Å². The molecule has 0 bridgehead atoms. The van der Waals surface area contributed by atoms with Gasteiger partial charge in [-0.3, -0.25) is 4.79 Å². The summed E-state index contributed by atoms with van der Waals surface area (Å²) < 4.78 is 29.0. The van der Waals surface area contributed by atoms with Crippen molar-refractivity contribution < 1.29 is 18.3 Å². The van der Waals surface area contributed by atoms with E-state index in [4.69, 9.17) is 5.73 Å². The molecule has 0 saturated heterocycles. The fraction of sp³-hybridized carbons (Fsp3) is 0.462. The number of aryl methyl sites for hydroxylation is 1. The lowest BCUT2D eigenvalue weighted by Crippen LogP contribution is -2.42. The van der Waals surface area contributed by atoms with Crippen molar-refractivity contribution in [2.75, 3.05) is 0 Å². The number of benzene rings is 1. The number of halogens is 2. The monoisotopic (exact) mass is 270 g/mol. The molecule has 0 spiro atoms. The van der Waals surface area contributed by atoms with Crippen molar-refractivity contribution in [3.05, 3.63) is 29.3 Å². The lowest BCUT2D eigenvalue weighted by Gasteiger charge is -2.14. The normalized spacial score (nSPS) is 16.3. The standard InChI is InChI=1S/C13H16F2N2O2/c1-8-2-3-10(19-12(14)15)9(6-8)7-17-11(18)13(16)4-5-13/h2-3,6,12H,4-5,7,16H2,1H3,(H,17,18). The first kappa shape index (κ1) is 13.7. The summed E-state index contributed by atoms with van der Waals surface area (Å²) >= 11 is 0. The zero-order valence-corrected chi connectivity index (χ0v) is 10.6. The summed E-state index contributed by atoms with van der Waals surface area (Å²) in [5.41, 5.74) is 6.38. The summed E-state index contributed by atoms with van der Waals surface area (Å²) in [7, 11) is 0. The van der Waals surface area contributed by atoms with Gasteiger partial charge in [0, 0.05) is 12.1 Å². The smallest absolute Gasteiger partial charge is 0.387 e. The van der Waals surface area contributed by atoms with E-state index in [1.807, 2.05) is 6.92 Å². The van der Waals surface area contributed by atoms with Crippen LogP contribution in [0.3, 0.4) is 0 Å². The number of alkyl halides is 2. The molecule has 1 fully saturated rings. The largest absolute Gasteiger partial charge is 0.434 e. The third-order valence-corrected chi connectivity index (χ3v) is 3.11. The summed E-state index contributed by atoms with van der Waals surface area (Å²) in [4.78, 5) is 11.7. The van der Waals surface area contributed by atoms with Crippen molar-refractivity contribution in [3.8, 4) is 5.75 Å². The van der Waals surface area contributed by atoms with Gasteiger partial charge in [0.2, 0.25) is 5.91 Å². The Hall–Kier alpha value is -1.69. The SMILES string of the molecule is Cc1ccc(OC(F)F)c(CNC(=O)C2(N)CC2)c1. The van der Waals surface area contributed by atoms with Crippen molar-refractivity contribution in [2.45, 2.75) is 38.5 Å². The van der Waals surface area contributed by atoms with E-state index in [0.29, 0.717) is 18.4 Å². The summed E-state index contributed by atoms with van der Waals surface area (Å²) in [6.45, 7) is -0.925. The Labute approximate surface area is 109 Å². The highest BCUT2D eigenvalue weighted by Gasteiger charge is 2.45. The summed E-state index contributed by atoms with van der Waals surface area (Å²) in [5, 5.41) is 2.65. The maximum Gasteiger partial charge on any atom is 0.387 e. The summed E-state index contributed by atoms with van der Waals surface area (Å²) in [5.74, 6) is -0.181. The molecule has 1 aromatic carbocycles. The fourth-order valence-corrected chi connectivity index (χ4v) is 1.77. The molecule has 3 N–H and O–H groups in total. The van der Waals surface area contributed by atoms with Crippen LogP contribution in [0.1, 0.15) is 24.0 Å². The molecule has 2 rings (SSSR count). The Morgan fingerprint density at radius 2 is 2.21 bits per heavy atom. The number of hydrogen-bond donors (Lipinski definition) is 2. The Balaban J connectivity index is 2.05. The van der Waals surface area contributed by atoms with Crippen molar-refractivity contribution in [2.24, 2.45) is 5.73 Å². The van der Waals surface area contributed by atoms with Crippen molar-refractivity contribution in [1.82, 2.24) is 5.32 Å². The van der Waals surface area contributed by atoms with E-state index in [2.05, 4.69) is 10.1 Å². The molecule has 1 aliphatic rings. The third-order valence-electron chi connectivity index (χ3n) is 3.11. The number of hydrogen-bond acceptors (Lipinski definition) is 3. The lowest BCUT2D eigenvalue weighted by atomic mass is 10.1. The van der Waals surface area contributed by atoms with Gasteiger partial charge in [0.1, 0.15) is 5.75 Å². The average molecular weight is 270 g/mol. The molecule has 1 saturated carbocycles. The van der Waals surface area contributed by atoms with Crippen LogP contribution in [0.25, 0.3) is 0 Å². The molecule has 0 atom stereocenters. The van der Waals surface area contributed by atoms with Gasteiger partial charge in [0.05, 0.1) is 5.54 Å². The minimum atomic E-state index is -2.89. The molecular formula is C13H16F2N2O2. The van der Waals surface area contributed by atoms with Crippen LogP contribution in [0.5, 0.6) is 5.75 Å².